The molecule has 0 aliphatic carbocycles. The molecule has 2 amide bonds. The smallest absolute Gasteiger partial charge is 0.410 e. The van der Waals surface area contributed by atoms with E-state index in [2.05, 4.69) is 25.6 Å². The Kier molecular flexibility index (Phi) is 7.68. The number of nitrogens with one attached hydrogen (secondary N) is 1. The lowest BCUT2D eigenvalue weighted by Crippen LogP contribution is -2.50. The van der Waals surface area contributed by atoms with Gasteiger partial charge in [0.1, 0.15) is 23.8 Å². The van der Waals surface area contributed by atoms with Gasteiger partial charge in [-0.05, 0) is 82.7 Å². The maximum absolute atomic E-state index is 15.0. The van der Waals surface area contributed by atoms with E-state index in [1.54, 1.807) is 21.8 Å². The topological polar surface area (TPSA) is 118 Å². The van der Waals surface area contributed by atoms with Crippen LogP contribution in [-0.4, -0.2) is 78.0 Å². The molecular formula is C32H37FN8O3. The molecule has 11 nitrogen and oxygen atoms in total. The number of ether oxygens (including phenoxy) is 1. The quantitative estimate of drug-likeness (QED) is 0.341. The number of aromatic nitrogens is 5. The molecule has 4 aromatic rings. The van der Waals surface area contributed by atoms with E-state index in [4.69, 9.17) is 4.74 Å². The molecule has 0 radical (unpaired) electrons. The number of rotatable bonds is 4. The average Bonchev–Trinajstić information content (AvgIpc) is 3.25. The highest BCUT2D eigenvalue weighted by atomic mass is 19.1. The number of fused-ring (bicyclic) bond motifs is 2. The number of likely N-dealkylation sites (tertiary alicyclic amines) is 1. The molecule has 44 heavy (non-hydrogen) atoms. The van der Waals surface area contributed by atoms with Crippen LogP contribution in [0.1, 0.15) is 50.6 Å². The molecule has 1 aromatic carbocycles. The largest absolute Gasteiger partial charge is 0.444 e. The predicted octanol–water partition coefficient (Wildman–Crippen LogP) is 5.17. The summed E-state index contributed by atoms with van der Waals surface area (Å²) < 4.78 is 22.3. The van der Waals surface area contributed by atoms with Crippen molar-refractivity contribution in [3.05, 3.63) is 59.3 Å². The van der Waals surface area contributed by atoms with Gasteiger partial charge < -0.3 is 19.9 Å². The predicted molar refractivity (Wildman–Crippen MR) is 164 cm³/mol. The van der Waals surface area contributed by atoms with Crippen molar-refractivity contribution in [3.8, 4) is 11.3 Å². The van der Waals surface area contributed by atoms with Crippen LogP contribution in [0.3, 0.4) is 0 Å². The molecule has 6 rings (SSSR count). The van der Waals surface area contributed by atoms with Crippen molar-refractivity contribution in [2.24, 2.45) is 0 Å². The van der Waals surface area contributed by atoms with Crippen LogP contribution in [0.15, 0.2) is 36.5 Å². The Hall–Kier alpha value is -4.61. The Labute approximate surface area is 255 Å². The summed E-state index contributed by atoms with van der Waals surface area (Å²) in [7, 11) is 0. The van der Waals surface area contributed by atoms with Gasteiger partial charge in [-0.15, -0.1) is 5.10 Å². The maximum atomic E-state index is 15.0. The molecule has 2 aliphatic heterocycles. The van der Waals surface area contributed by atoms with Gasteiger partial charge in [0, 0.05) is 61.0 Å². The van der Waals surface area contributed by atoms with Gasteiger partial charge in [0.15, 0.2) is 5.82 Å². The number of hydrogen-bond donors (Lipinski definition) is 1. The molecule has 0 unspecified atom stereocenters. The zero-order valence-corrected chi connectivity index (χ0v) is 25.7. The van der Waals surface area contributed by atoms with Crippen molar-refractivity contribution in [3.63, 3.8) is 0 Å². The summed E-state index contributed by atoms with van der Waals surface area (Å²) in [6.45, 7) is 11.2. The number of anilines is 2. The average molecular weight is 601 g/mol. The first kappa shape index (κ1) is 29.5. The van der Waals surface area contributed by atoms with Gasteiger partial charge in [-0.3, -0.25) is 9.48 Å². The molecule has 230 valence electrons. The van der Waals surface area contributed by atoms with Crippen molar-refractivity contribution < 1.29 is 18.7 Å². The summed E-state index contributed by atoms with van der Waals surface area (Å²) in [6.07, 6.45) is 3.42. The van der Waals surface area contributed by atoms with Crippen LogP contribution in [0.2, 0.25) is 0 Å². The Bertz CT molecular complexity index is 1740. The minimum absolute atomic E-state index is 0.0157. The first-order valence-corrected chi connectivity index (χ1v) is 15.0. The zero-order valence-electron chi connectivity index (χ0n) is 25.7. The summed E-state index contributed by atoms with van der Waals surface area (Å²) in [4.78, 5) is 33.9. The molecule has 12 heteroatoms. The highest BCUT2D eigenvalue weighted by Gasteiger charge is 2.33. The second kappa shape index (κ2) is 11.5. The van der Waals surface area contributed by atoms with E-state index in [0.717, 1.165) is 35.2 Å². The summed E-state index contributed by atoms with van der Waals surface area (Å²) in [5, 5.41) is 17.7. The Balaban J connectivity index is 1.12. The number of carbonyl (C=O) groups excluding carboxylic acids is 2. The Morgan fingerprint density at radius 2 is 1.77 bits per heavy atom. The minimum Gasteiger partial charge on any atom is -0.444 e. The van der Waals surface area contributed by atoms with Gasteiger partial charge in [-0.1, -0.05) is 0 Å². The van der Waals surface area contributed by atoms with Gasteiger partial charge in [0.2, 0.25) is 5.91 Å². The molecule has 0 spiro atoms. The van der Waals surface area contributed by atoms with Crippen molar-refractivity contribution in [2.75, 3.05) is 25.0 Å². The number of piperidine rings is 1. The Morgan fingerprint density at radius 1 is 1.00 bits per heavy atom. The van der Waals surface area contributed by atoms with E-state index < -0.39 is 5.60 Å². The van der Waals surface area contributed by atoms with Gasteiger partial charge in [-0.2, -0.15) is 10.2 Å². The van der Waals surface area contributed by atoms with E-state index in [1.165, 1.54) is 6.07 Å². The number of aryl methyl sites for hydroxylation is 2. The molecule has 1 fully saturated rings. The number of halogens is 1. The standard InChI is InChI=1S/C32H37FN8O3/c1-19-12-20(2)36-37-30(19)25-13-21-15-27(34-17-22(21)14-26(25)33)35-28-16-24-8-11-40(29(42)18-41(24)38-28)23-6-9-39(10-7-23)31(43)44-32(3,4)5/h12-17,23H,6-11,18H2,1-5H3,(H,34,35,38). The van der Waals surface area contributed by atoms with E-state index in [1.807, 2.05) is 57.7 Å². The summed E-state index contributed by atoms with van der Waals surface area (Å²) in [5.41, 5.74) is 2.93. The summed E-state index contributed by atoms with van der Waals surface area (Å²) in [5.74, 6) is 0.773. The van der Waals surface area contributed by atoms with Gasteiger partial charge >= 0.3 is 6.09 Å². The lowest BCUT2D eigenvalue weighted by Gasteiger charge is -2.38. The van der Waals surface area contributed by atoms with Crippen molar-refractivity contribution in [2.45, 2.75) is 72.1 Å². The molecule has 5 heterocycles. The molecule has 1 saturated heterocycles. The van der Waals surface area contributed by atoms with Crippen LogP contribution in [-0.2, 0) is 22.5 Å². The van der Waals surface area contributed by atoms with Crippen molar-refractivity contribution in [1.82, 2.24) is 34.8 Å². The van der Waals surface area contributed by atoms with Crippen LogP contribution >= 0.6 is 0 Å². The van der Waals surface area contributed by atoms with Gasteiger partial charge in [0.05, 0.1) is 11.4 Å². The van der Waals surface area contributed by atoms with Crippen molar-refractivity contribution in [1.29, 1.82) is 0 Å². The fourth-order valence-electron chi connectivity index (χ4n) is 5.94. The van der Waals surface area contributed by atoms with E-state index >= 15 is 4.39 Å². The van der Waals surface area contributed by atoms with E-state index in [9.17, 15) is 9.59 Å². The molecular weight excluding hydrogens is 563 g/mol. The van der Waals surface area contributed by atoms with Crippen molar-refractivity contribution >= 4 is 34.4 Å². The molecule has 1 N–H and O–H groups in total. The third-order valence-corrected chi connectivity index (χ3v) is 8.06. The maximum Gasteiger partial charge on any atom is 0.410 e. The fourth-order valence-corrected chi connectivity index (χ4v) is 5.94. The SMILES string of the molecule is Cc1cc(C)c(-c2cc3cc(Nc4cc5n(n4)CC(=O)N(C4CCN(C(=O)OC(C)(C)C)CC4)CC5)ncc3cc2F)nn1. The van der Waals surface area contributed by atoms with E-state index in [-0.39, 0.29) is 30.4 Å². The third kappa shape index (κ3) is 6.20. The van der Waals surface area contributed by atoms with Crippen LogP contribution in [0.4, 0.5) is 20.8 Å². The summed E-state index contributed by atoms with van der Waals surface area (Å²) >= 11 is 0. The number of nitrogens with zero attached hydrogens (tertiary/aromatic N) is 7. The molecule has 3 aromatic heterocycles. The fraction of sp³-hybridized carbons (Fsp3) is 0.438. The first-order valence-electron chi connectivity index (χ1n) is 15.0. The number of carbonyl (C=O) groups is 2. The van der Waals surface area contributed by atoms with Crippen LogP contribution < -0.4 is 5.32 Å². The number of hydrogen-bond acceptors (Lipinski definition) is 8. The summed E-state index contributed by atoms with van der Waals surface area (Å²) in [6, 6.07) is 8.96. The normalized spacial score (nSPS) is 16.2. The monoisotopic (exact) mass is 600 g/mol. The molecule has 2 aliphatic rings. The van der Waals surface area contributed by atoms with E-state index in [0.29, 0.717) is 54.3 Å². The number of amides is 2. The minimum atomic E-state index is -0.535. The molecule has 0 saturated carbocycles. The number of benzene rings is 1. The molecule has 0 bridgehead atoms. The second-order valence-electron chi connectivity index (χ2n) is 12.6. The van der Waals surface area contributed by atoms with Crippen LogP contribution in [0.25, 0.3) is 22.0 Å². The lowest BCUT2D eigenvalue weighted by atomic mass is 10.0. The van der Waals surface area contributed by atoms with Crippen LogP contribution in [0, 0.1) is 19.7 Å². The van der Waals surface area contributed by atoms with Crippen LogP contribution in [0.5, 0.6) is 0 Å². The zero-order chi connectivity index (χ0) is 31.2. The molecule has 0 atom stereocenters. The lowest BCUT2D eigenvalue weighted by molar-refractivity contribution is -0.134. The van der Waals surface area contributed by atoms with Gasteiger partial charge in [0.25, 0.3) is 0 Å². The first-order chi connectivity index (χ1) is 20.9. The second-order valence-corrected chi connectivity index (χ2v) is 12.6. The highest BCUT2D eigenvalue weighted by Crippen LogP contribution is 2.30. The highest BCUT2D eigenvalue weighted by molar-refractivity contribution is 5.89. The third-order valence-electron chi connectivity index (χ3n) is 8.06. The van der Waals surface area contributed by atoms with Gasteiger partial charge in [-0.25, -0.2) is 14.2 Å². The Morgan fingerprint density at radius 3 is 2.50 bits per heavy atom. The number of pyridine rings is 1.